The summed E-state index contributed by atoms with van der Waals surface area (Å²) < 4.78 is 5.26. The predicted octanol–water partition coefficient (Wildman–Crippen LogP) is 1.21. The average molecular weight is 406 g/mol. The lowest BCUT2D eigenvalue weighted by molar-refractivity contribution is -0.140. The van der Waals surface area contributed by atoms with Crippen LogP contribution in [0, 0.1) is 11.8 Å². The van der Waals surface area contributed by atoms with Crippen molar-refractivity contribution in [3.05, 3.63) is 41.4 Å². The Morgan fingerprint density at radius 3 is 2.29 bits per heavy atom. The topological polar surface area (TPSA) is 105 Å². The van der Waals surface area contributed by atoms with Crippen molar-refractivity contribution in [3.8, 4) is 5.75 Å². The van der Waals surface area contributed by atoms with Crippen molar-refractivity contribution in [2.24, 2.45) is 11.8 Å². The first kappa shape index (κ1) is 19.9. The fourth-order valence-corrected chi connectivity index (χ4v) is 3.44. The minimum absolute atomic E-state index is 0.0114. The second-order valence-corrected chi connectivity index (χ2v) is 6.96. The van der Waals surface area contributed by atoms with Crippen molar-refractivity contribution >= 4 is 35.2 Å². The number of para-hydroxylation sites is 1. The molecule has 28 heavy (non-hydrogen) atoms. The quantitative estimate of drug-likeness (QED) is 0.420. The number of fused-ring (bicyclic) bond motifs is 1. The first-order valence-corrected chi connectivity index (χ1v) is 9.30. The van der Waals surface area contributed by atoms with Gasteiger partial charge < -0.3 is 4.74 Å². The highest BCUT2D eigenvalue weighted by atomic mass is 35.5. The van der Waals surface area contributed by atoms with Gasteiger partial charge >= 0.3 is 0 Å². The molecule has 0 spiro atoms. The highest BCUT2D eigenvalue weighted by Crippen LogP contribution is 2.34. The molecular weight excluding hydrogens is 386 g/mol. The number of amides is 4. The smallest absolute Gasteiger partial charge is 0.276 e. The van der Waals surface area contributed by atoms with E-state index in [2.05, 4.69) is 10.9 Å². The molecule has 0 saturated carbocycles. The molecular formula is C19H20ClN3O5. The Morgan fingerprint density at radius 1 is 1.04 bits per heavy atom. The minimum Gasteiger partial charge on any atom is -0.482 e. The van der Waals surface area contributed by atoms with E-state index in [9.17, 15) is 19.2 Å². The average Bonchev–Trinajstić information content (AvgIpc) is 2.94. The van der Waals surface area contributed by atoms with Crippen LogP contribution in [0.2, 0.25) is 5.02 Å². The molecule has 2 N–H and O–H groups in total. The van der Waals surface area contributed by atoms with E-state index in [1.807, 2.05) is 12.2 Å². The Labute approximate surface area is 166 Å². The maximum Gasteiger partial charge on any atom is 0.276 e. The van der Waals surface area contributed by atoms with E-state index < -0.39 is 11.8 Å². The second-order valence-electron chi connectivity index (χ2n) is 6.55. The zero-order valence-corrected chi connectivity index (χ0v) is 15.8. The van der Waals surface area contributed by atoms with Gasteiger partial charge in [0.25, 0.3) is 5.91 Å². The number of hydrogen-bond donors (Lipinski definition) is 2. The maximum absolute atomic E-state index is 12.3. The van der Waals surface area contributed by atoms with Gasteiger partial charge in [0.05, 0.1) is 16.9 Å². The van der Waals surface area contributed by atoms with Crippen molar-refractivity contribution in [1.29, 1.82) is 0 Å². The molecule has 0 bridgehead atoms. The number of rotatable bonds is 6. The fraction of sp³-hybridized carbons (Fsp3) is 0.368. The molecule has 4 amide bonds. The van der Waals surface area contributed by atoms with Gasteiger partial charge in [-0.2, -0.15) is 0 Å². The van der Waals surface area contributed by atoms with E-state index in [0.29, 0.717) is 23.6 Å². The zero-order valence-electron chi connectivity index (χ0n) is 15.0. The van der Waals surface area contributed by atoms with Gasteiger partial charge in [0.2, 0.25) is 17.7 Å². The lowest BCUT2D eigenvalue weighted by atomic mass is 9.85. The highest BCUT2D eigenvalue weighted by molar-refractivity contribution is 6.32. The summed E-state index contributed by atoms with van der Waals surface area (Å²) in [6.45, 7) is -0.341. The number of hydrazine groups is 1. The molecule has 1 aliphatic carbocycles. The number of ether oxygens (including phenoxy) is 1. The van der Waals surface area contributed by atoms with E-state index >= 15 is 0 Å². The van der Waals surface area contributed by atoms with E-state index in [1.165, 1.54) is 0 Å². The predicted molar refractivity (Wildman–Crippen MR) is 99.9 cm³/mol. The molecule has 1 aromatic rings. The van der Waals surface area contributed by atoms with Crippen molar-refractivity contribution in [1.82, 2.24) is 15.8 Å². The number of carbonyl (C=O) groups excluding carboxylic acids is 4. The lowest BCUT2D eigenvalue weighted by Crippen LogP contribution is -2.45. The molecule has 1 fully saturated rings. The molecule has 148 valence electrons. The van der Waals surface area contributed by atoms with Crippen LogP contribution in [-0.4, -0.2) is 41.7 Å². The Kier molecular flexibility index (Phi) is 6.30. The Morgan fingerprint density at radius 2 is 1.64 bits per heavy atom. The summed E-state index contributed by atoms with van der Waals surface area (Å²) in [4.78, 5) is 49.4. The van der Waals surface area contributed by atoms with Crippen molar-refractivity contribution in [3.63, 3.8) is 0 Å². The number of halogens is 1. The molecule has 1 aliphatic heterocycles. The van der Waals surface area contributed by atoms with Crippen LogP contribution in [0.3, 0.4) is 0 Å². The molecule has 9 heteroatoms. The standard InChI is InChI=1S/C19H20ClN3O5/c20-14-7-3-4-8-15(14)28-11-17(25)22-21-16(24)9-10-23-18(26)12-5-1-2-6-13(12)19(23)27/h1-4,7-8,12-13H,5-6,9-11H2,(H,21,24)(H,22,25)/t12-,13-/m1/s1. The normalized spacial score (nSPS) is 20.7. The molecule has 1 saturated heterocycles. The summed E-state index contributed by atoms with van der Waals surface area (Å²) in [7, 11) is 0. The fourth-order valence-electron chi connectivity index (χ4n) is 3.25. The number of imide groups is 1. The number of nitrogens with one attached hydrogen (secondary N) is 2. The molecule has 0 unspecified atom stereocenters. The number of nitrogens with zero attached hydrogens (tertiary/aromatic N) is 1. The van der Waals surface area contributed by atoms with Crippen LogP contribution in [-0.2, 0) is 19.2 Å². The third-order valence-corrected chi connectivity index (χ3v) is 5.01. The van der Waals surface area contributed by atoms with E-state index in [1.54, 1.807) is 24.3 Å². The molecule has 2 aliphatic rings. The summed E-state index contributed by atoms with van der Waals surface area (Å²) in [5.41, 5.74) is 4.45. The second kappa shape index (κ2) is 8.88. The number of carbonyl (C=O) groups is 4. The first-order chi connectivity index (χ1) is 13.5. The van der Waals surface area contributed by atoms with Crippen molar-refractivity contribution in [2.45, 2.75) is 19.3 Å². The van der Waals surface area contributed by atoms with Crippen molar-refractivity contribution in [2.75, 3.05) is 13.2 Å². The monoisotopic (exact) mass is 405 g/mol. The third kappa shape index (κ3) is 4.51. The molecule has 0 radical (unpaired) electrons. The van der Waals surface area contributed by atoms with E-state index in [4.69, 9.17) is 16.3 Å². The Balaban J connectivity index is 1.39. The number of benzene rings is 1. The van der Waals surface area contributed by atoms with Gasteiger partial charge in [0, 0.05) is 13.0 Å². The summed E-state index contributed by atoms with van der Waals surface area (Å²) in [6, 6.07) is 6.69. The molecule has 1 aromatic carbocycles. The summed E-state index contributed by atoms with van der Waals surface area (Å²) in [5, 5.41) is 0.370. The van der Waals surface area contributed by atoms with Crippen LogP contribution in [0.15, 0.2) is 36.4 Å². The minimum atomic E-state index is -0.571. The number of likely N-dealkylation sites (tertiary alicyclic amines) is 1. The van der Waals surface area contributed by atoms with Crippen LogP contribution in [0.5, 0.6) is 5.75 Å². The zero-order chi connectivity index (χ0) is 20.1. The molecule has 8 nitrogen and oxygen atoms in total. The van der Waals surface area contributed by atoms with Gasteiger partial charge in [-0.25, -0.2) is 0 Å². The summed E-state index contributed by atoms with van der Waals surface area (Å²) >= 11 is 5.92. The highest BCUT2D eigenvalue weighted by Gasteiger charge is 2.46. The third-order valence-electron chi connectivity index (χ3n) is 4.70. The van der Waals surface area contributed by atoms with Gasteiger partial charge in [-0.05, 0) is 25.0 Å². The SMILES string of the molecule is O=C(CCN1C(=O)[C@@H]2CC=CC[C@H]2C1=O)NNC(=O)COc1ccccc1Cl. The first-order valence-electron chi connectivity index (χ1n) is 8.92. The number of hydrogen-bond acceptors (Lipinski definition) is 5. The van der Waals surface area contributed by atoms with Gasteiger partial charge in [0.15, 0.2) is 6.61 Å². The summed E-state index contributed by atoms with van der Waals surface area (Å²) in [5.74, 6) is -1.83. The lowest BCUT2D eigenvalue weighted by Gasteiger charge is -2.14. The van der Waals surface area contributed by atoms with Gasteiger partial charge in [-0.3, -0.25) is 34.9 Å². The largest absolute Gasteiger partial charge is 0.482 e. The van der Waals surface area contributed by atoms with Crippen LogP contribution in [0.25, 0.3) is 0 Å². The van der Waals surface area contributed by atoms with Gasteiger partial charge in [-0.1, -0.05) is 35.9 Å². The van der Waals surface area contributed by atoms with Crippen LogP contribution >= 0.6 is 11.6 Å². The molecule has 2 atom stereocenters. The Bertz CT molecular complexity index is 800. The van der Waals surface area contributed by atoms with Gasteiger partial charge in [0.1, 0.15) is 5.75 Å². The van der Waals surface area contributed by atoms with E-state index in [-0.39, 0.29) is 43.2 Å². The maximum atomic E-state index is 12.3. The van der Waals surface area contributed by atoms with Gasteiger partial charge in [-0.15, -0.1) is 0 Å². The van der Waals surface area contributed by atoms with Crippen LogP contribution in [0.1, 0.15) is 19.3 Å². The van der Waals surface area contributed by atoms with Crippen LogP contribution in [0.4, 0.5) is 0 Å². The molecule has 1 heterocycles. The summed E-state index contributed by atoms with van der Waals surface area (Å²) in [6.07, 6.45) is 4.82. The van der Waals surface area contributed by atoms with Crippen molar-refractivity contribution < 1.29 is 23.9 Å². The number of allylic oxidation sites excluding steroid dienone is 2. The van der Waals surface area contributed by atoms with Crippen LogP contribution < -0.4 is 15.6 Å². The molecule has 3 rings (SSSR count). The molecule has 0 aromatic heterocycles. The Hall–Kier alpha value is -2.87. The van der Waals surface area contributed by atoms with E-state index in [0.717, 1.165) is 4.90 Å².